The number of amides is 8. The molecule has 1 N–H and O–H groups in total. The normalized spacial score (nSPS) is 14.3. The molecular weight excluding hydrogens is 1440 g/mol. The largest absolute Gasteiger partial charge is 0.400 e. The molecule has 4 atom stereocenters. The number of aliphatic hydroxyl groups excluding tert-OH is 1. The third kappa shape index (κ3) is 24.3. The van der Waals surface area contributed by atoms with Gasteiger partial charge in [0, 0.05) is 80.5 Å². The van der Waals surface area contributed by atoms with Crippen LogP contribution in [0.4, 0.5) is 10.3 Å². The Balaban J connectivity index is 0.000000331. The molecule has 2 aliphatic heterocycles. The smallest absolute Gasteiger partial charge is 0.291 e. The number of hydrogen-bond donors (Lipinski definition) is 1. The molecule has 21 heteroatoms. The van der Waals surface area contributed by atoms with E-state index in [1.165, 1.54) is 104 Å². The number of benzene rings is 4. The van der Waals surface area contributed by atoms with Crippen molar-refractivity contribution in [3.8, 4) is 28.6 Å². The molecule has 4 aromatic carbocycles. The zero-order valence-corrected chi connectivity index (χ0v) is 72.0. The number of carbonyl (C=O) groups is 9. The number of aryl methyl sites for hydroxylation is 6. The van der Waals surface area contributed by atoms with Crippen LogP contribution >= 0.6 is 22.7 Å². The van der Waals surface area contributed by atoms with Gasteiger partial charge in [-0.1, -0.05) is 232 Å². The van der Waals surface area contributed by atoms with Crippen LogP contribution in [0.1, 0.15) is 268 Å². The summed E-state index contributed by atoms with van der Waals surface area (Å²) in [5, 5.41) is 21.4. The van der Waals surface area contributed by atoms with Gasteiger partial charge in [-0.25, -0.2) is 9.97 Å². The molecule has 4 heterocycles. The van der Waals surface area contributed by atoms with Crippen molar-refractivity contribution in [2.75, 3.05) is 43.1 Å². The van der Waals surface area contributed by atoms with E-state index >= 15 is 0 Å². The zero-order chi connectivity index (χ0) is 83.2. The molecule has 0 aliphatic carbocycles. The first kappa shape index (κ1) is 93.2. The lowest BCUT2D eigenvalue weighted by atomic mass is 9.93. The number of hydrazine groups is 2. The lowest BCUT2D eigenvalue weighted by Crippen LogP contribution is -2.57. The topological polar surface area (TPSA) is 243 Å². The van der Waals surface area contributed by atoms with E-state index in [9.17, 15) is 48.4 Å². The third-order valence-electron chi connectivity index (χ3n) is 21.1. The monoisotopic (exact) mass is 1570 g/mol. The molecule has 0 fully saturated rings. The maximum atomic E-state index is 14.6. The van der Waals surface area contributed by atoms with E-state index in [0.29, 0.717) is 65.4 Å². The fraction of sp³-hybridized carbons (Fsp3) is 0.495. The summed E-state index contributed by atoms with van der Waals surface area (Å²) >= 11 is 3.08. The van der Waals surface area contributed by atoms with Crippen LogP contribution in [0.5, 0.6) is 0 Å². The predicted molar refractivity (Wildman–Crippen MR) is 454 cm³/mol. The molecule has 0 saturated carbocycles. The maximum absolute atomic E-state index is 14.6. The average Bonchev–Trinajstić information content (AvgIpc) is 1.41. The summed E-state index contributed by atoms with van der Waals surface area (Å²) in [6, 6.07) is 26.6. The van der Waals surface area contributed by atoms with E-state index in [1.807, 2.05) is 6.07 Å². The van der Waals surface area contributed by atoms with Crippen LogP contribution in [-0.2, 0) is 28.8 Å². The second-order valence-corrected chi connectivity index (χ2v) is 31.8. The number of thiazole rings is 2. The fourth-order valence-corrected chi connectivity index (χ4v) is 16.5. The molecule has 8 amide bonds. The number of nitrogens with zero attached hydrogens (tertiary/aromatic N) is 9. The number of carbonyl (C=O) groups excluding carboxylic acids is 9. The van der Waals surface area contributed by atoms with E-state index in [2.05, 4.69) is 131 Å². The Morgan fingerprint density at radius 2 is 0.857 bits per heavy atom. The lowest BCUT2D eigenvalue weighted by Gasteiger charge is -2.34. The molecule has 0 spiro atoms. The highest BCUT2D eigenvalue weighted by atomic mass is 32.1. The van der Waals surface area contributed by atoms with Crippen LogP contribution in [0, 0.1) is 76.5 Å². The number of hydrogen-bond acceptors (Lipinski definition) is 17. The first-order valence-electron chi connectivity index (χ1n) is 40.2. The van der Waals surface area contributed by atoms with Gasteiger partial charge in [-0.2, -0.15) is 25.3 Å². The third-order valence-corrected chi connectivity index (χ3v) is 23.2. The summed E-state index contributed by atoms with van der Waals surface area (Å²) in [7, 11) is 1.00. The standard InChI is InChI=1S/C45H57N5O4S.C29H46N2OS.C16H16N2O4.CH4O/c1-10-14-19-34(12-3)27-48(28-35(13-4)20-15-11-2)45-47-41(40-30(6)23-29(5)24-31(40)7)39(55-45)25-37-32(8)38(26-46)44(54)50(43(37)53)49(33(9)51)42(52)36-21-17-16-18-22-36;1-8-12-14-24(10-3)18-31(19-25(11-4)15-13-9-2)29-30-28(26(20-32)33-29)27-22(6)16-21(5)17-23(27)7;1-10-9-14(20)18(15(21)11(10)2)17(12(3)19)16(22)13-7-5-4-6-8-13;1-2/h16-18,21-25,34-35H,10-15,19-20,27-28H2,1-9H3;16-17,20,24-25H,8-15,18-19H2,1-7H3;4-8H,9H2,1-3H3;2H,1H3/b37-25-;;;. The first-order valence-corrected chi connectivity index (χ1v) is 41.8. The number of aliphatic hydroxyl groups is 1. The van der Waals surface area contributed by atoms with Crippen molar-refractivity contribution >= 4 is 92.6 Å². The van der Waals surface area contributed by atoms with Crippen LogP contribution in [0.25, 0.3) is 28.6 Å². The Bertz CT molecular complexity index is 4290. The van der Waals surface area contributed by atoms with Gasteiger partial charge in [0.25, 0.3) is 35.4 Å². The molecule has 112 heavy (non-hydrogen) atoms. The lowest BCUT2D eigenvalue weighted by molar-refractivity contribution is -0.166. The van der Waals surface area contributed by atoms with Crippen molar-refractivity contribution in [1.82, 2.24) is 30.0 Å². The second kappa shape index (κ2) is 46.0. The molecule has 604 valence electrons. The Hall–Kier alpha value is -9.36. The van der Waals surface area contributed by atoms with Gasteiger partial charge in [0.1, 0.15) is 11.6 Å². The predicted octanol–water partition coefficient (Wildman–Crippen LogP) is 20.3. The van der Waals surface area contributed by atoms with Gasteiger partial charge in [-0.3, -0.25) is 43.2 Å². The van der Waals surface area contributed by atoms with Crippen molar-refractivity contribution in [2.45, 2.75) is 241 Å². The molecule has 0 bridgehead atoms. The van der Waals surface area contributed by atoms with Crippen molar-refractivity contribution in [3.63, 3.8) is 0 Å². The van der Waals surface area contributed by atoms with Crippen molar-refractivity contribution in [2.24, 2.45) is 23.7 Å². The van der Waals surface area contributed by atoms with Crippen LogP contribution in [-0.4, -0.2) is 122 Å². The Morgan fingerprint density at radius 1 is 0.509 bits per heavy atom. The van der Waals surface area contributed by atoms with Gasteiger partial charge in [-0.15, -0.1) is 0 Å². The fourth-order valence-electron chi connectivity index (χ4n) is 14.6. The van der Waals surface area contributed by atoms with E-state index in [0.717, 1.165) is 153 Å². The highest BCUT2D eigenvalue weighted by molar-refractivity contribution is 7.17. The average molecular weight is 1570 g/mol. The molecule has 19 nitrogen and oxygen atoms in total. The van der Waals surface area contributed by atoms with Crippen molar-refractivity contribution in [3.05, 3.63) is 167 Å². The van der Waals surface area contributed by atoms with Gasteiger partial charge in [0.2, 0.25) is 11.8 Å². The van der Waals surface area contributed by atoms with Crippen molar-refractivity contribution < 1.29 is 48.3 Å². The minimum atomic E-state index is -1.03. The molecular formula is C91H123N9O10S2. The molecule has 8 rings (SSSR count). The van der Waals surface area contributed by atoms with E-state index in [1.54, 1.807) is 74.6 Å². The molecule has 0 radical (unpaired) electrons. The number of unbranched alkanes of at least 4 members (excludes halogenated alkanes) is 4. The zero-order valence-electron chi connectivity index (χ0n) is 70.4. The van der Waals surface area contributed by atoms with Gasteiger partial charge >= 0.3 is 0 Å². The highest BCUT2D eigenvalue weighted by Gasteiger charge is 2.44. The summed E-state index contributed by atoms with van der Waals surface area (Å²) in [5.41, 5.74) is 11.8. The van der Waals surface area contributed by atoms with Crippen LogP contribution in [0.15, 0.2) is 113 Å². The second-order valence-electron chi connectivity index (χ2n) is 29.7. The van der Waals surface area contributed by atoms with Crippen molar-refractivity contribution in [1.29, 1.82) is 5.26 Å². The highest BCUT2D eigenvalue weighted by Crippen LogP contribution is 2.42. The number of nitriles is 1. The van der Waals surface area contributed by atoms with E-state index in [-0.39, 0.29) is 34.3 Å². The van der Waals surface area contributed by atoms with Crippen LogP contribution < -0.4 is 9.80 Å². The van der Waals surface area contributed by atoms with Gasteiger partial charge < -0.3 is 14.9 Å². The van der Waals surface area contributed by atoms with E-state index < -0.39 is 47.3 Å². The van der Waals surface area contributed by atoms with Crippen LogP contribution in [0.3, 0.4) is 0 Å². The number of anilines is 2. The molecule has 6 aromatic rings. The first-order chi connectivity index (χ1) is 53.5. The van der Waals surface area contributed by atoms with Crippen LogP contribution in [0.2, 0.25) is 0 Å². The minimum absolute atomic E-state index is 0.00340. The number of aromatic nitrogens is 2. The summed E-state index contributed by atoms with van der Waals surface area (Å²) in [4.78, 5) is 133. The summed E-state index contributed by atoms with van der Waals surface area (Å²) in [6.07, 6.45) is 21.7. The molecule has 2 aromatic heterocycles. The minimum Gasteiger partial charge on any atom is -0.400 e. The van der Waals surface area contributed by atoms with E-state index in [4.69, 9.17) is 15.1 Å². The SMILES string of the molecule is CC(=O)N(C(=O)c1ccccc1)N1C(=O)CC(C)=C(C)C1=O.CCCCC(CC)CN(CC(CC)CCCC)c1nc(-c2c(C)cc(C)cc2C)c(/C=C2\C(=O)N(N(C(C)=O)C(=O)c3ccccc3)C(=O)C(C#N)=C2C)s1.CCCCC(CC)CN(CC(CC)CCCC)c1nc(-c2c(C)cc(C)cc2C)c(C=O)s1.CO. The van der Waals surface area contributed by atoms with Gasteiger partial charge in [0.05, 0.1) is 27.6 Å². The molecule has 4 unspecified atom stereocenters. The quantitative estimate of drug-likeness (QED) is 0.0224. The van der Waals surface area contributed by atoms with Gasteiger partial charge in [0.15, 0.2) is 16.5 Å². The Labute approximate surface area is 675 Å². The summed E-state index contributed by atoms with van der Waals surface area (Å²) < 4.78 is 0. The maximum Gasteiger partial charge on any atom is 0.291 e. The molecule has 2 aliphatic rings. The summed E-state index contributed by atoms with van der Waals surface area (Å²) in [5.74, 6) is -3.90. The number of rotatable bonds is 34. The Morgan fingerprint density at radius 3 is 1.19 bits per heavy atom. The van der Waals surface area contributed by atoms with Gasteiger partial charge in [-0.05, 0) is 170 Å². The molecule has 0 saturated heterocycles. The summed E-state index contributed by atoms with van der Waals surface area (Å²) in [6.45, 7) is 41.6. The number of imide groups is 4. The number of aldehydes is 1. The Kier molecular flexibility index (Phi) is 38.3.